The first-order valence-corrected chi connectivity index (χ1v) is 10.4. The van der Waals surface area contributed by atoms with Gasteiger partial charge in [0.05, 0.1) is 12.6 Å². The number of carbonyl (C=O) groups is 2. The van der Waals surface area contributed by atoms with Crippen molar-refractivity contribution in [3.8, 4) is 0 Å². The number of hydrogen-bond donors (Lipinski definition) is 2. The van der Waals surface area contributed by atoms with Gasteiger partial charge in [-0.3, -0.25) is 9.59 Å². The van der Waals surface area contributed by atoms with E-state index >= 15 is 0 Å². The highest BCUT2D eigenvalue weighted by molar-refractivity contribution is 5.91. The van der Waals surface area contributed by atoms with Crippen LogP contribution in [0.4, 0.5) is 8.78 Å². The van der Waals surface area contributed by atoms with Gasteiger partial charge in [0.15, 0.2) is 0 Å². The molecule has 4 rings (SSSR count). The van der Waals surface area contributed by atoms with E-state index in [0.29, 0.717) is 5.57 Å². The normalized spacial score (nSPS) is 19.1. The van der Waals surface area contributed by atoms with E-state index < -0.39 is 23.7 Å². The van der Waals surface area contributed by atoms with Crippen molar-refractivity contribution in [2.24, 2.45) is 5.92 Å². The molecule has 1 saturated carbocycles. The maximum Gasteiger partial charge on any atom is 0.246 e. The fraction of sp³-hybridized carbons (Fsp3) is 0.333. The molecule has 1 fully saturated rings. The average molecular weight is 425 g/mol. The number of hydrogen-bond acceptors (Lipinski definition) is 3. The van der Waals surface area contributed by atoms with Crippen LogP contribution >= 0.6 is 0 Å². The minimum Gasteiger partial charge on any atom is -0.343 e. The van der Waals surface area contributed by atoms with Crippen LogP contribution in [0, 0.1) is 17.6 Å². The number of benzene rings is 2. The molecule has 0 spiro atoms. The van der Waals surface area contributed by atoms with E-state index in [-0.39, 0.29) is 36.4 Å². The van der Waals surface area contributed by atoms with Crippen molar-refractivity contribution in [3.05, 3.63) is 77.4 Å². The Hall–Kier alpha value is -3.06. The van der Waals surface area contributed by atoms with E-state index in [1.165, 1.54) is 0 Å². The molecule has 2 atom stereocenters. The molecule has 0 unspecified atom stereocenters. The van der Waals surface area contributed by atoms with Crippen molar-refractivity contribution < 1.29 is 18.4 Å². The van der Waals surface area contributed by atoms with Crippen LogP contribution in [-0.4, -0.2) is 42.9 Å². The van der Waals surface area contributed by atoms with E-state index in [9.17, 15) is 18.4 Å². The van der Waals surface area contributed by atoms with Crippen LogP contribution in [0.25, 0.3) is 5.57 Å². The topological polar surface area (TPSA) is 61.4 Å². The first-order valence-electron chi connectivity index (χ1n) is 10.4. The van der Waals surface area contributed by atoms with Gasteiger partial charge in [-0.15, -0.1) is 0 Å². The van der Waals surface area contributed by atoms with Crippen molar-refractivity contribution in [2.75, 3.05) is 20.1 Å². The van der Waals surface area contributed by atoms with E-state index in [2.05, 4.69) is 10.6 Å². The van der Waals surface area contributed by atoms with Crippen molar-refractivity contribution in [1.82, 2.24) is 15.5 Å². The summed E-state index contributed by atoms with van der Waals surface area (Å²) in [5, 5.41) is 5.64. The first kappa shape index (κ1) is 21.2. The summed E-state index contributed by atoms with van der Waals surface area (Å²) >= 11 is 0. The first-order chi connectivity index (χ1) is 15.0. The molecule has 0 aromatic heterocycles. The summed E-state index contributed by atoms with van der Waals surface area (Å²) in [5.74, 6) is -1.42. The fourth-order valence-electron chi connectivity index (χ4n) is 4.05. The second-order valence-corrected chi connectivity index (χ2v) is 8.05. The largest absolute Gasteiger partial charge is 0.343 e. The lowest BCUT2D eigenvalue weighted by Crippen LogP contribution is -2.51. The highest BCUT2D eigenvalue weighted by Crippen LogP contribution is 2.39. The van der Waals surface area contributed by atoms with Crippen LogP contribution in [0.3, 0.4) is 0 Å². The molecule has 31 heavy (non-hydrogen) atoms. The highest BCUT2D eigenvalue weighted by atomic mass is 19.1. The molecule has 0 bridgehead atoms. The average Bonchev–Trinajstić information content (AvgIpc) is 3.51. The predicted octanol–water partition coefficient (Wildman–Crippen LogP) is 3.05. The Labute approximate surface area is 180 Å². The summed E-state index contributed by atoms with van der Waals surface area (Å²) in [7, 11) is 1.67. The summed E-state index contributed by atoms with van der Waals surface area (Å²) in [5.41, 5.74) is 1.58. The Morgan fingerprint density at radius 3 is 2.55 bits per heavy atom. The molecule has 1 aliphatic carbocycles. The van der Waals surface area contributed by atoms with E-state index in [0.717, 1.165) is 36.6 Å². The third-order valence-electron chi connectivity index (χ3n) is 5.75. The van der Waals surface area contributed by atoms with Crippen LogP contribution in [0.15, 0.2) is 54.6 Å². The second kappa shape index (κ2) is 8.98. The number of nitrogens with one attached hydrogen (secondary N) is 2. The lowest BCUT2D eigenvalue weighted by Gasteiger charge is -2.30. The minimum absolute atomic E-state index is 0.0969. The molecule has 2 amide bonds. The molecular formula is C24H25F2N3O2. The number of nitrogens with zero attached hydrogens (tertiary/aromatic N) is 1. The molecule has 2 N–H and O–H groups in total. The molecule has 5 nitrogen and oxygen atoms in total. The van der Waals surface area contributed by atoms with Gasteiger partial charge in [0, 0.05) is 12.1 Å². The van der Waals surface area contributed by atoms with Gasteiger partial charge < -0.3 is 15.5 Å². The highest BCUT2D eigenvalue weighted by Gasteiger charge is 2.42. The smallest absolute Gasteiger partial charge is 0.246 e. The predicted molar refractivity (Wildman–Crippen MR) is 114 cm³/mol. The third kappa shape index (κ3) is 4.66. The number of amides is 2. The van der Waals surface area contributed by atoms with Crippen molar-refractivity contribution in [2.45, 2.75) is 24.9 Å². The van der Waals surface area contributed by atoms with Gasteiger partial charge >= 0.3 is 0 Å². The number of rotatable bonds is 7. The van der Waals surface area contributed by atoms with Gasteiger partial charge in [0.1, 0.15) is 17.7 Å². The zero-order chi connectivity index (χ0) is 22.0. The Balaban J connectivity index is 1.66. The minimum atomic E-state index is -0.628. The van der Waals surface area contributed by atoms with Crippen LogP contribution in [0.2, 0.25) is 0 Å². The Bertz CT molecular complexity index is 1010. The number of likely N-dealkylation sites (N-methyl/N-ethyl adjacent to an activating group) is 1. The van der Waals surface area contributed by atoms with Crippen molar-refractivity contribution in [1.29, 1.82) is 0 Å². The summed E-state index contributed by atoms with van der Waals surface area (Å²) < 4.78 is 28.3. The molecule has 2 aliphatic rings. The molecule has 1 heterocycles. The monoisotopic (exact) mass is 425 g/mol. The third-order valence-corrected chi connectivity index (χ3v) is 5.75. The van der Waals surface area contributed by atoms with E-state index in [4.69, 9.17) is 0 Å². The Kier molecular flexibility index (Phi) is 6.13. The summed E-state index contributed by atoms with van der Waals surface area (Å²) in [6.45, 7) is 0.264. The summed E-state index contributed by atoms with van der Waals surface area (Å²) in [4.78, 5) is 27.4. The van der Waals surface area contributed by atoms with Gasteiger partial charge in [-0.2, -0.15) is 0 Å². The van der Waals surface area contributed by atoms with Crippen LogP contribution in [0.5, 0.6) is 0 Å². The SMILES string of the molecule is CNCC(=O)N[C@H](C(=O)N1CC(c2cc(F)ccc2F)=C[C@H]1c1ccccc1)C1CC1. The van der Waals surface area contributed by atoms with Gasteiger partial charge in [-0.25, -0.2) is 8.78 Å². The molecule has 162 valence electrons. The van der Waals surface area contributed by atoms with Gasteiger partial charge in [0.25, 0.3) is 0 Å². The fourth-order valence-corrected chi connectivity index (χ4v) is 4.05. The molecule has 2 aromatic rings. The van der Waals surface area contributed by atoms with E-state index in [1.54, 1.807) is 11.9 Å². The Morgan fingerprint density at radius 2 is 1.87 bits per heavy atom. The van der Waals surface area contributed by atoms with Gasteiger partial charge in [-0.05, 0) is 55.1 Å². The lowest BCUT2D eigenvalue weighted by atomic mass is 10.0. The lowest BCUT2D eigenvalue weighted by molar-refractivity contribution is -0.137. The van der Waals surface area contributed by atoms with Crippen molar-refractivity contribution in [3.63, 3.8) is 0 Å². The second-order valence-electron chi connectivity index (χ2n) is 8.05. The number of halogens is 2. The van der Waals surface area contributed by atoms with Gasteiger partial charge in [-0.1, -0.05) is 36.4 Å². The van der Waals surface area contributed by atoms with Crippen molar-refractivity contribution >= 4 is 17.4 Å². The van der Waals surface area contributed by atoms with Crippen LogP contribution < -0.4 is 10.6 Å². The maximum absolute atomic E-state index is 14.5. The van der Waals surface area contributed by atoms with Gasteiger partial charge in [0.2, 0.25) is 11.8 Å². The number of carbonyl (C=O) groups excluding carboxylic acids is 2. The van der Waals surface area contributed by atoms with Crippen LogP contribution in [0.1, 0.15) is 30.0 Å². The zero-order valence-electron chi connectivity index (χ0n) is 17.3. The quantitative estimate of drug-likeness (QED) is 0.717. The molecule has 0 saturated heterocycles. The molecule has 7 heteroatoms. The zero-order valence-corrected chi connectivity index (χ0v) is 17.3. The summed E-state index contributed by atoms with van der Waals surface area (Å²) in [6.07, 6.45) is 3.56. The molecule has 1 aliphatic heterocycles. The molecule has 2 aromatic carbocycles. The van der Waals surface area contributed by atoms with Crippen LogP contribution in [-0.2, 0) is 9.59 Å². The molecule has 0 radical (unpaired) electrons. The standard InChI is InChI=1S/C24H25F2N3O2/c1-27-13-22(30)28-23(16-7-8-16)24(31)29-14-17(19-12-18(25)9-10-20(19)26)11-21(29)15-5-3-2-4-6-15/h2-6,9-12,16,21,23,27H,7-8,13-14H2,1H3,(H,28,30)/t21-,23-/m0/s1. The summed E-state index contributed by atoms with van der Waals surface area (Å²) in [6, 6.07) is 11.7. The Morgan fingerprint density at radius 1 is 1.13 bits per heavy atom. The van der Waals surface area contributed by atoms with E-state index in [1.807, 2.05) is 36.4 Å². The maximum atomic E-state index is 14.5. The molecular weight excluding hydrogens is 400 g/mol.